The van der Waals surface area contributed by atoms with Crippen LogP contribution in [0.1, 0.15) is 30.9 Å². The first-order chi connectivity index (χ1) is 15.1. The fourth-order valence-electron chi connectivity index (χ4n) is 4.52. The van der Waals surface area contributed by atoms with Crippen LogP contribution >= 0.6 is 0 Å². The lowest BCUT2D eigenvalue weighted by Crippen LogP contribution is -2.42. The minimum Gasteiger partial charge on any atom is -0.497 e. The molecule has 5 nitrogen and oxygen atoms in total. The number of hydrogen-bond donors (Lipinski definition) is 0. The summed E-state index contributed by atoms with van der Waals surface area (Å²) >= 11 is 0. The summed E-state index contributed by atoms with van der Waals surface area (Å²) in [5.41, 5.74) is 3.84. The Morgan fingerprint density at radius 2 is 1.55 bits per heavy atom. The van der Waals surface area contributed by atoms with Crippen molar-refractivity contribution in [3.63, 3.8) is 0 Å². The molecule has 2 aromatic carbocycles. The molecule has 4 rings (SSSR count). The van der Waals surface area contributed by atoms with Crippen LogP contribution in [0.2, 0.25) is 0 Å². The average Bonchev–Trinajstić information content (AvgIpc) is 3.29. The Bertz CT molecular complexity index is 869. The van der Waals surface area contributed by atoms with Gasteiger partial charge in [-0.05, 0) is 61.7 Å². The molecule has 1 saturated heterocycles. The first kappa shape index (κ1) is 21.9. The third-order valence-corrected chi connectivity index (χ3v) is 6.35. The molecule has 0 radical (unpaired) electrons. The van der Waals surface area contributed by atoms with Gasteiger partial charge in [0.1, 0.15) is 11.5 Å². The van der Waals surface area contributed by atoms with Crippen molar-refractivity contribution < 1.29 is 18.9 Å². The molecule has 5 heteroatoms. The van der Waals surface area contributed by atoms with E-state index >= 15 is 0 Å². The quantitative estimate of drug-likeness (QED) is 0.582. The van der Waals surface area contributed by atoms with Crippen molar-refractivity contribution in [2.45, 2.75) is 38.0 Å². The van der Waals surface area contributed by atoms with E-state index in [4.69, 9.17) is 18.9 Å². The van der Waals surface area contributed by atoms with Crippen molar-refractivity contribution in [3.05, 3.63) is 71.3 Å². The Hall–Kier alpha value is -2.34. The second kappa shape index (κ2) is 9.86. The van der Waals surface area contributed by atoms with Gasteiger partial charge in [-0.15, -0.1) is 0 Å². The zero-order valence-electron chi connectivity index (χ0n) is 18.8. The maximum atomic E-state index is 6.17. The van der Waals surface area contributed by atoms with Crippen molar-refractivity contribution in [3.8, 4) is 11.5 Å². The van der Waals surface area contributed by atoms with E-state index in [0.29, 0.717) is 19.3 Å². The van der Waals surface area contributed by atoms with E-state index in [0.717, 1.165) is 49.4 Å². The van der Waals surface area contributed by atoms with Gasteiger partial charge < -0.3 is 18.9 Å². The zero-order valence-corrected chi connectivity index (χ0v) is 18.8. The summed E-state index contributed by atoms with van der Waals surface area (Å²) in [5.74, 6) is 1.06. The number of methoxy groups -OCH3 is 2. The van der Waals surface area contributed by atoms with Gasteiger partial charge in [-0.3, -0.25) is 4.90 Å². The van der Waals surface area contributed by atoms with Crippen LogP contribution in [0.25, 0.3) is 0 Å². The smallest absolute Gasteiger partial charge is 0.196 e. The molecular formula is C26H33NO4. The first-order valence-electron chi connectivity index (χ1n) is 11.1. The molecule has 0 bridgehead atoms. The van der Waals surface area contributed by atoms with E-state index in [1.807, 2.05) is 24.3 Å². The predicted octanol–water partition coefficient (Wildman–Crippen LogP) is 4.56. The molecule has 31 heavy (non-hydrogen) atoms. The monoisotopic (exact) mass is 423 g/mol. The molecule has 1 unspecified atom stereocenters. The molecule has 0 amide bonds. The molecule has 0 aliphatic carbocycles. The molecule has 0 saturated carbocycles. The predicted molar refractivity (Wildman–Crippen MR) is 122 cm³/mol. The van der Waals surface area contributed by atoms with Gasteiger partial charge in [0, 0.05) is 31.1 Å². The van der Waals surface area contributed by atoms with E-state index in [9.17, 15) is 0 Å². The summed E-state index contributed by atoms with van der Waals surface area (Å²) in [6.07, 6.45) is 5.31. The highest BCUT2D eigenvalue weighted by Gasteiger charge is 2.39. The van der Waals surface area contributed by atoms with Crippen LogP contribution in [0.15, 0.2) is 60.2 Å². The topological polar surface area (TPSA) is 40.2 Å². The van der Waals surface area contributed by atoms with E-state index < -0.39 is 5.79 Å². The van der Waals surface area contributed by atoms with Gasteiger partial charge >= 0.3 is 0 Å². The second-order valence-corrected chi connectivity index (χ2v) is 8.35. The minimum absolute atomic E-state index is 0.372. The van der Waals surface area contributed by atoms with Crippen LogP contribution in [-0.2, 0) is 21.7 Å². The Balaban J connectivity index is 1.47. The summed E-state index contributed by atoms with van der Waals surface area (Å²) < 4.78 is 23.0. The number of nitrogens with zero attached hydrogens (tertiary/aromatic N) is 1. The normalized spacial score (nSPS) is 21.0. The Kier molecular flexibility index (Phi) is 6.96. The molecule has 0 aromatic heterocycles. The second-order valence-electron chi connectivity index (χ2n) is 8.35. The maximum absolute atomic E-state index is 6.17. The molecule has 2 heterocycles. The van der Waals surface area contributed by atoms with E-state index in [2.05, 4.69) is 42.2 Å². The van der Waals surface area contributed by atoms with Crippen LogP contribution in [0, 0.1) is 0 Å². The van der Waals surface area contributed by atoms with Gasteiger partial charge in [-0.2, -0.15) is 0 Å². The van der Waals surface area contributed by atoms with Gasteiger partial charge in [0.05, 0.1) is 27.4 Å². The number of benzene rings is 2. The molecule has 2 aliphatic heterocycles. The van der Waals surface area contributed by atoms with Crippen molar-refractivity contribution in [1.82, 2.24) is 4.90 Å². The number of hydrogen-bond acceptors (Lipinski definition) is 5. The fraction of sp³-hybridized carbons (Fsp3) is 0.462. The highest BCUT2D eigenvalue weighted by Crippen LogP contribution is 2.36. The summed E-state index contributed by atoms with van der Waals surface area (Å²) in [4.78, 5) is 2.56. The molecule has 2 aliphatic rings. The summed E-state index contributed by atoms with van der Waals surface area (Å²) in [5, 5.41) is 0. The average molecular weight is 424 g/mol. The number of ether oxygens (including phenoxy) is 4. The van der Waals surface area contributed by atoms with Gasteiger partial charge in [0.15, 0.2) is 5.79 Å². The lowest BCUT2D eigenvalue weighted by Gasteiger charge is -2.37. The Labute approximate surface area is 185 Å². The summed E-state index contributed by atoms with van der Waals surface area (Å²) in [7, 11) is 3.39. The van der Waals surface area contributed by atoms with Gasteiger partial charge in [-0.1, -0.05) is 23.8 Å². The van der Waals surface area contributed by atoms with Crippen molar-refractivity contribution in [1.29, 1.82) is 0 Å². The molecule has 0 spiro atoms. The standard InChI is InChI=1S/C26H33NO4/c1-20-12-14-27(23(18-20)19-21-4-8-24(28-2)9-5-21)15-13-26(30-16-17-31-26)22-6-10-25(29-3)11-7-22/h4-11,18,23H,12-17,19H2,1-3H3. The highest BCUT2D eigenvalue weighted by molar-refractivity contribution is 5.31. The van der Waals surface area contributed by atoms with Crippen molar-refractivity contribution in [2.24, 2.45) is 0 Å². The first-order valence-corrected chi connectivity index (χ1v) is 11.1. The third kappa shape index (κ3) is 5.12. The van der Waals surface area contributed by atoms with Crippen LogP contribution in [0.5, 0.6) is 11.5 Å². The van der Waals surface area contributed by atoms with Crippen LogP contribution in [-0.4, -0.2) is 51.5 Å². The fourth-order valence-corrected chi connectivity index (χ4v) is 4.52. The maximum Gasteiger partial charge on any atom is 0.196 e. The minimum atomic E-state index is -0.673. The Morgan fingerprint density at radius 3 is 2.16 bits per heavy atom. The van der Waals surface area contributed by atoms with Gasteiger partial charge in [0.2, 0.25) is 0 Å². The highest BCUT2D eigenvalue weighted by atomic mass is 16.7. The van der Waals surface area contributed by atoms with Crippen LogP contribution < -0.4 is 9.47 Å². The van der Waals surface area contributed by atoms with Crippen LogP contribution in [0.3, 0.4) is 0 Å². The van der Waals surface area contributed by atoms with E-state index in [1.54, 1.807) is 14.2 Å². The van der Waals surface area contributed by atoms with Gasteiger partial charge in [0.25, 0.3) is 0 Å². The van der Waals surface area contributed by atoms with Crippen molar-refractivity contribution >= 4 is 0 Å². The van der Waals surface area contributed by atoms with Crippen LogP contribution in [0.4, 0.5) is 0 Å². The summed E-state index contributed by atoms with van der Waals surface area (Å²) in [6, 6.07) is 16.8. The molecule has 166 valence electrons. The van der Waals surface area contributed by atoms with Crippen molar-refractivity contribution in [2.75, 3.05) is 40.5 Å². The van der Waals surface area contributed by atoms with E-state index in [1.165, 1.54) is 11.1 Å². The van der Waals surface area contributed by atoms with E-state index in [-0.39, 0.29) is 0 Å². The zero-order chi connectivity index (χ0) is 21.7. The largest absolute Gasteiger partial charge is 0.497 e. The lowest BCUT2D eigenvalue weighted by molar-refractivity contribution is -0.174. The Morgan fingerprint density at radius 1 is 0.935 bits per heavy atom. The molecule has 1 atom stereocenters. The number of rotatable bonds is 8. The summed E-state index contributed by atoms with van der Waals surface area (Å²) in [6.45, 7) is 5.46. The molecule has 1 fully saturated rings. The third-order valence-electron chi connectivity index (χ3n) is 6.35. The van der Waals surface area contributed by atoms with Gasteiger partial charge in [-0.25, -0.2) is 0 Å². The SMILES string of the molecule is COc1ccc(CC2C=C(C)CCN2CCC2(c3ccc(OC)cc3)OCCO2)cc1. The molecule has 0 N–H and O–H groups in total. The molecular weight excluding hydrogens is 390 g/mol. The molecule has 2 aromatic rings. The lowest BCUT2D eigenvalue weighted by atomic mass is 9.95.